The van der Waals surface area contributed by atoms with Crippen LogP contribution in [0.4, 0.5) is 0 Å². The zero-order valence-electron chi connectivity index (χ0n) is 3.30. The molecule has 0 rings (SSSR count). The third-order valence-corrected chi connectivity index (χ3v) is 0.854. The van der Waals surface area contributed by atoms with Crippen molar-refractivity contribution in [2.75, 3.05) is 7.05 Å². The maximum absolute atomic E-state index is 9.67. The van der Waals surface area contributed by atoms with Crippen LogP contribution < -0.4 is 9.86 Å². The fourth-order valence-corrected chi connectivity index (χ4v) is 0. The second-order valence-electron chi connectivity index (χ2n) is 0.749. The highest BCUT2D eigenvalue weighted by Gasteiger charge is 1.88. The van der Waals surface area contributed by atoms with E-state index in [1.807, 2.05) is 4.72 Å². The Balaban J connectivity index is 0. The molecule has 0 aromatic carbocycles. The fourth-order valence-electron chi connectivity index (χ4n) is 0. The summed E-state index contributed by atoms with van der Waals surface area (Å²) in [4.78, 5) is 0. The van der Waals surface area contributed by atoms with E-state index in [0.717, 1.165) is 0 Å². The van der Waals surface area contributed by atoms with Gasteiger partial charge in [-0.2, -0.15) is 8.42 Å². The van der Waals surface area contributed by atoms with E-state index in [2.05, 4.69) is 5.14 Å². The van der Waals surface area contributed by atoms with Crippen molar-refractivity contribution in [1.82, 2.24) is 4.72 Å². The summed E-state index contributed by atoms with van der Waals surface area (Å²) in [7, 11) is -2.17. The van der Waals surface area contributed by atoms with E-state index in [4.69, 9.17) is 0 Å². The molecule has 5 heteroatoms. The summed E-state index contributed by atoms with van der Waals surface area (Å²) >= 11 is 0. The number of nitrogens with one attached hydrogen (secondary N) is 1. The molecule has 0 unspecified atom stereocenters. The van der Waals surface area contributed by atoms with Crippen molar-refractivity contribution in [3.63, 3.8) is 0 Å². The SMILES string of the molecule is C.CNS(N)(=O)=O. The molecule has 0 aromatic heterocycles. The van der Waals surface area contributed by atoms with Crippen molar-refractivity contribution < 1.29 is 8.42 Å². The Bertz CT molecular complexity index is 116. The highest BCUT2D eigenvalue weighted by atomic mass is 32.2. The van der Waals surface area contributed by atoms with Gasteiger partial charge in [-0.15, -0.1) is 0 Å². The lowest BCUT2D eigenvalue weighted by Crippen LogP contribution is -2.26. The van der Waals surface area contributed by atoms with Gasteiger partial charge in [-0.25, -0.2) is 9.86 Å². The molecule has 46 valence electrons. The van der Waals surface area contributed by atoms with Crippen LogP contribution in [0.5, 0.6) is 0 Å². The molecular weight excluding hydrogens is 116 g/mol. The zero-order chi connectivity index (χ0) is 5.21. The first-order valence-corrected chi connectivity index (χ1v) is 2.82. The van der Waals surface area contributed by atoms with Crippen LogP contribution in [-0.4, -0.2) is 15.5 Å². The van der Waals surface area contributed by atoms with Gasteiger partial charge in [0, 0.05) is 7.05 Å². The lowest BCUT2D eigenvalue weighted by atomic mass is 11.6. The van der Waals surface area contributed by atoms with Gasteiger partial charge in [0.1, 0.15) is 0 Å². The van der Waals surface area contributed by atoms with Crippen LogP contribution in [0.25, 0.3) is 0 Å². The molecule has 0 aromatic rings. The van der Waals surface area contributed by atoms with Gasteiger partial charge >= 0.3 is 0 Å². The molecule has 0 fully saturated rings. The molecule has 0 saturated heterocycles. The molecule has 3 N–H and O–H groups in total. The second-order valence-corrected chi connectivity index (χ2v) is 2.25. The number of hydrogen-bond donors (Lipinski definition) is 2. The fraction of sp³-hybridized carbons (Fsp3) is 1.00. The van der Waals surface area contributed by atoms with E-state index in [1.165, 1.54) is 7.05 Å². The summed E-state index contributed by atoms with van der Waals surface area (Å²) in [6.07, 6.45) is 0. The molecule has 0 aliphatic carbocycles. The van der Waals surface area contributed by atoms with E-state index in [9.17, 15) is 8.42 Å². The molecule has 0 aliphatic heterocycles. The molecule has 0 bridgehead atoms. The zero-order valence-corrected chi connectivity index (χ0v) is 4.12. The second kappa shape index (κ2) is 2.95. The summed E-state index contributed by atoms with van der Waals surface area (Å²) < 4.78 is 21.2. The van der Waals surface area contributed by atoms with Gasteiger partial charge in [0.25, 0.3) is 10.2 Å². The number of hydrogen-bond acceptors (Lipinski definition) is 2. The Kier molecular flexibility index (Phi) is 4.21. The van der Waals surface area contributed by atoms with Crippen LogP contribution in [0.1, 0.15) is 7.43 Å². The molecule has 0 heterocycles. The smallest absolute Gasteiger partial charge is 0.216 e. The van der Waals surface area contributed by atoms with Crippen molar-refractivity contribution in [2.24, 2.45) is 5.14 Å². The maximum atomic E-state index is 9.67. The van der Waals surface area contributed by atoms with Crippen LogP contribution >= 0.6 is 0 Å². The van der Waals surface area contributed by atoms with E-state index < -0.39 is 10.2 Å². The van der Waals surface area contributed by atoms with Gasteiger partial charge < -0.3 is 0 Å². The normalized spacial score (nSPS) is 10.0. The van der Waals surface area contributed by atoms with Crippen molar-refractivity contribution >= 4 is 10.2 Å². The standard InChI is InChI=1S/CH6N2O2S.CH4/c1-3-6(2,4)5;/h3H,1H3,(H2,2,4,5);1H4. The van der Waals surface area contributed by atoms with Gasteiger partial charge in [-0.05, 0) is 0 Å². The minimum atomic E-state index is -3.41. The molecule has 0 amide bonds. The Morgan fingerprint density at radius 3 is 1.71 bits per heavy atom. The van der Waals surface area contributed by atoms with Gasteiger partial charge in [-0.1, -0.05) is 7.43 Å². The first kappa shape index (κ1) is 9.98. The Hall–Kier alpha value is -0.130. The first-order chi connectivity index (χ1) is 2.56. The van der Waals surface area contributed by atoms with Crippen molar-refractivity contribution in [3.8, 4) is 0 Å². The van der Waals surface area contributed by atoms with Gasteiger partial charge in [0.15, 0.2) is 0 Å². The predicted molar refractivity (Wildman–Crippen MR) is 28.9 cm³/mol. The monoisotopic (exact) mass is 126 g/mol. The summed E-state index contributed by atoms with van der Waals surface area (Å²) in [5.74, 6) is 0. The highest BCUT2D eigenvalue weighted by Crippen LogP contribution is 1.53. The van der Waals surface area contributed by atoms with E-state index in [1.54, 1.807) is 0 Å². The summed E-state index contributed by atoms with van der Waals surface area (Å²) in [5.41, 5.74) is 0. The predicted octanol–water partition coefficient (Wildman–Crippen LogP) is -0.955. The molecule has 0 atom stereocenters. The van der Waals surface area contributed by atoms with Gasteiger partial charge in [0.2, 0.25) is 0 Å². The van der Waals surface area contributed by atoms with Crippen LogP contribution in [0, 0.1) is 0 Å². The van der Waals surface area contributed by atoms with Gasteiger partial charge in [-0.3, -0.25) is 0 Å². The summed E-state index contributed by atoms with van der Waals surface area (Å²) in [6.45, 7) is 0. The average molecular weight is 126 g/mol. The third-order valence-electron chi connectivity index (χ3n) is 0.285. The van der Waals surface area contributed by atoms with Crippen molar-refractivity contribution in [1.29, 1.82) is 0 Å². The first-order valence-electron chi connectivity index (χ1n) is 1.27. The summed E-state index contributed by atoms with van der Waals surface area (Å²) in [6, 6.07) is 0. The van der Waals surface area contributed by atoms with Crippen LogP contribution in [0.15, 0.2) is 0 Å². The lowest BCUT2D eigenvalue weighted by Gasteiger charge is -1.85. The van der Waals surface area contributed by atoms with E-state index >= 15 is 0 Å². The molecule has 7 heavy (non-hydrogen) atoms. The Morgan fingerprint density at radius 1 is 1.57 bits per heavy atom. The topological polar surface area (TPSA) is 72.2 Å². The quantitative estimate of drug-likeness (QED) is 0.475. The molecule has 0 aliphatic rings. The highest BCUT2D eigenvalue weighted by molar-refractivity contribution is 7.87. The largest absolute Gasteiger partial charge is 0.274 e. The van der Waals surface area contributed by atoms with Crippen molar-refractivity contribution in [2.45, 2.75) is 7.43 Å². The Morgan fingerprint density at radius 2 is 1.71 bits per heavy atom. The van der Waals surface area contributed by atoms with Crippen LogP contribution in [0.2, 0.25) is 0 Å². The van der Waals surface area contributed by atoms with E-state index in [-0.39, 0.29) is 7.43 Å². The molecular formula is C2H10N2O2S. The van der Waals surface area contributed by atoms with Crippen molar-refractivity contribution in [3.05, 3.63) is 0 Å². The summed E-state index contributed by atoms with van der Waals surface area (Å²) in [5, 5.41) is 4.40. The molecule has 4 nitrogen and oxygen atoms in total. The molecule has 0 spiro atoms. The van der Waals surface area contributed by atoms with Crippen LogP contribution in [0.3, 0.4) is 0 Å². The third kappa shape index (κ3) is 10.7. The van der Waals surface area contributed by atoms with E-state index in [0.29, 0.717) is 0 Å². The minimum Gasteiger partial charge on any atom is -0.216 e. The Labute approximate surface area is 43.9 Å². The maximum Gasteiger partial charge on any atom is 0.274 e. The number of rotatable bonds is 1. The van der Waals surface area contributed by atoms with Gasteiger partial charge in [0.05, 0.1) is 0 Å². The minimum absolute atomic E-state index is 0. The number of nitrogens with two attached hydrogens (primary N) is 1. The lowest BCUT2D eigenvalue weighted by molar-refractivity contribution is 0.590. The van der Waals surface area contributed by atoms with Crippen LogP contribution in [-0.2, 0) is 10.2 Å². The molecule has 0 saturated carbocycles. The average Bonchev–Trinajstić information content (AvgIpc) is 1.35. The molecule has 0 radical (unpaired) electrons.